The second-order valence-corrected chi connectivity index (χ2v) is 7.22. The quantitative estimate of drug-likeness (QED) is 0.845. The third kappa shape index (κ3) is 3.48. The number of hydrogen-bond acceptors (Lipinski definition) is 4. The highest BCUT2D eigenvalue weighted by molar-refractivity contribution is 5.82. The highest BCUT2D eigenvalue weighted by atomic mass is 19.1. The molecular formula is C21H23FN2O3. The Balaban J connectivity index is 1.68. The molecule has 5 nitrogen and oxygen atoms in total. The summed E-state index contributed by atoms with van der Waals surface area (Å²) in [6, 6.07) is 13.5. The number of ether oxygens (including phenoxy) is 1. The number of halogens is 1. The summed E-state index contributed by atoms with van der Waals surface area (Å²) in [5, 5.41) is 10.0. The Labute approximate surface area is 157 Å². The van der Waals surface area contributed by atoms with E-state index < -0.39 is 18.2 Å². The van der Waals surface area contributed by atoms with E-state index in [0.29, 0.717) is 6.54 Å². The first-order valence-corrected chi connectivity index (χ1v) is 9.23. The summed E-state index contributed by atoms with van der Waals surface area (Å²) in [5.74, 6) is -0.474. The van der Waals surface area contributed by atoms with Crippen LogP contribution in [0, 0.1) is 5.82 Å². The van der Waals surface area contributed by atoms with Crippen LogP contribution in [-0.2, 0) is 16.0 Å². The van der Waals surface area contributed by atoms with Crippen LogP contribution >= 0.6 is 0 Å². The normalized spacial score (nSPS) is 27.9. The van der Waals surface area contributed by atoms with Gasteiger partial charge in [0.15, 0.2) is 0 Å². The standard InChI is InChI=1S/C21H23FN2O3/c22-15-7-5-14(6-8-15)20-16-4-2-1-3-13(16)9-10-24(20)21(26)19-11-18(25)17(23)12-27-19/h1-8,17-20,25H,9-12,23H2/t17-,18+,19+,20+/m1/s1. The van der Waals surface area contributed by atoms with Crippen LogP contribution in [0.4, 0.5) is 4.39 Å². The molecule has 4 rings (SSSR count). The van der Waals surface area contributed by atoms with Crippen molar-refractivity contribution in [2.75, 3.05) is 13.2 Å². The van der Waals surface area contributed by atoms with Gasteiger partial charge in [-0.25, -0.2) is 4.39 Å². The Kier molecular flexibility index (Phi) is 4.95. The lowest BCUT2D eigenvalue weighted by atomic mass is 9.87. The van der Waals surface area contributed by atoms with Gasteiger partial charge >= 0.3 is 0 Å². The van der Waals surface area contributed by atoms with Crippen molar-refractivity contribution in [2.45, 2.75) is 37.1 Å². The SMILES string of the molecule is N[C@@H]1CO[C@H](C(=O)N2CCc3ccccc3[C@@H]2c2ccc(F)cc2)C[C@@H]1O. The van der Waals surface area contributed by atoms with Gasteiger partial charge in [-0.3, -0.25) is 4.79 Å². The minimum absolute atomic E-state index is 0.156. The summed E-state index contributed by atoms with van der Waals surface area (Å²) in [4.78, 5) is 15.0. The fraction of sp³-hybridized carbons (Fsp3) is 0.381. The maximum Gasteiger partial charge on any atom is 0.252 e. The van der Waals surface area contributed by atoms with Gasteiger partial charge in [0.2, 0.25) is 0 Å². The van der Waals surface area contributed by atoms with Crippen LogP contribution in [0.15, 0.2) is 48.5 Å². The van der Waals surface area contributed by atoms with Crippen LogP contribution in [0.25, 0.3) is 0 Å². The molecule has 0 radical (unpaired) electrons. The summed E-state index contributed by atoms with van der Waals surface area (Å²) >= 11 is 0. The molecule has 1 saturated heterocycles. The van der Waals surface area contributed by atoms with Crippen molar-refractivity contribution < 1.29 is 19.0 Å². The van der Waals surface area contributed by atoms with E-state index in [9.17, 15) is 14.3 Å². The van der Waals surface area contributed by atoms with E-state index in [0.717, 1.165) is 17.5 Å². The van der Waals surface area contributed by atoms with E-state index in [2.05, 4.69) is 6.07 Å². The monoisotopic (exact) mass is 370 g/mol. The van der Waals surface area contributed by atoms with Crippen LogP contribution in [0.3, 0.4) is 0 Å². The molecule has 2 aromatic carbocycles. The first-order valence-electron chi connectivity index (χ1n) is 9.23. The summed E-state index contributed by atoms with van der Waals surface area (Å²) in [6.07, 6.45) is -0.537. The fourth-order valence-electron chi connectivity index (χ4n) is 3.97. The van der Waals surface area contributed by atoms with E-state index in [4.69, 9.17) is 10.5 Å². The molecule has 0 unspecified atom stereocenters. The Morgan fingerprint density at radius 2 is 1.93 bits per heavy atom. The van der Waals surface area contributed by atoms with E-state index in [-0.39, 0.29) is 30.8 Å². The number of carbonyl (C=O) groups is 1. The zero-order valence-electron chi connectivity index (χ0n) is 14.9. The average molecular weight is 370 g/mol. The van der Waals surface area contributed by atoms with Gasteiger partial charge in [-0.2, -0.15) is 0 Å². The molecule has 4 atom stereocenters. The lowest BCUT2D eigenvalue weighted by molar-refractivity contribution is -0.154. The number of amides is 1. The summed E-state index contributed by atoms with van der Waals surface area (Å²) in [5.41, 5.74) is 8.85. The van der Waals surface area contributed by atoms with Crippen molar-refractivity contribution in [1.29, 1.82) is 0 Å². The van der Waals surface area contributed by atoms with Gasteiger partial charge in [0, 0.05) is 13.0 Å². The number of hydrogen-bond donors (Lipinski definition) is 2. The van der Waals surface area contributed by atoms with Crippen LogP contribution in [0.1, 0.15) is 29.2 Å². The Morgan fingerprint density at radius 3 is 2.67 bits per heavy atom. The largest absolute Gasteiger partial charge is 0.391 e. The van der Waals surface area contributed by atoms with E-state index in [1.54, 1.807) is 17.0 Å². The smallest absolute Gasteiger partial charge is 0.252 e. The number of rotatable bonds is 2. The molecule has 0 aromatic heterocycles. The Bertz CT molecular complexity index is 826. The van der Waals surface area contributed by atoms with Crippen LogP contribution in [0.5, 0.6) is 0 Å². The van der Waals surface area contributed by atoms with Gasteiger partial charge in [-0.1, -0.05) is 36.4 Å². The predicted molar refractivity (Wildman–Crippen MR) is 98.4 cm³/mol. The summed E-state index contributed by atoms with van der Waals surface area (Å²) in [7, 11) is 0. The van der Waals surface area contributed by atoms with Crippen LogP contribution in [-0.4, -0.2) is 47.3 Å². The molecule has 0 saturated carbocycles. The zero-order chi connectivity index (χ0) is 19.0. The molecule has 3 N–H and O–H groups in total. The molecule has 2 aliphatic rings. The number of aliphatic hydroxyl groups is 1. The molecule has 2 heterocycles. The average Bonchev–Trinajstić information content (AvgIpc) is 2.69. The highest BCUT2D eigenvalue weighted by Crippen LogP contribution is 2.36. The first kappa shape index (κ1) is 18.1. The topological polar surface area (TPSA) is 75.8 Å². The van der Waals surface area contributed by atoms with Gasteiger partial charge in [0.05, 0.1) is 24.8 Å². The molecule has 6 heteroatoms. The molecule has 142 valence electrons. The van der Waals surface area contributed by atoms with Crippen molar-refractivity contribution in [1.82, 2.24) is 4.90 Å². The van der Waals surface area contributed by atoms with Gasteiger partial charge in [-0.15, -0.1) is 0 Å². The molecule has 0 aliphatic carbocycles. The second-order valence-electron chi connectivity index (χ2n) is 7.22. The van der Waals surface area contributed by atoms with Gasteiger partial charge in [-0.05, 0) is 35.2 Å². The minimum Gasteiger partial charge on any atom is -0.391 e. The maximum absolute atomic E-state index is 13.4. The Morgan fingerprint density at radius 1 is 1.19 bits per heavy atom. The molecule has 27 heavy (non-hydrogen) atoms. The highest BCUT2D eigenvalue weighted by Gasteiger charge is 2.39. The molecule has 1 fully saturated rings. The van der Waals surface area contributed by atoms with E-state index >= 15 is 0 Å². The van der Waals surface area contributed by atoms with Crippen molar-refractivity contribution in [3.63, 3.8) is 0 Å². The van der Waals surface area contributed by atoms with Crippen molar-refractivity contribution in [3.05, 3.63) is 71.0 Å². The molecule has 1 amide bonds. The van der Waals surface area contributed by atoms with E-state index in [1.165, 1.54) is 17.7 Å². The third-order valence-electron chi connectivity index (χ3n) is 5.47. The minimum atomic E-state index is -0.756. The molecule has 0 bridgehead atoms. The number of nitrogens with two attached hydrogens (primary N) is 1. The first-order chi connectivity index (χ1) is 13.0. The summed E-state index contributed by atoms with van der Waals surface area (Å²) < 4.78 is 19.1. The van der Waals surface area contributed by atoms with Gasteiger partial charge in [0.25, 0.3) is 5.91 Å². The maximum atomic E-state index is 13.4. The number of aliphatic hydroxyl groups excluding tert-OH is 1. The van der Waals surface area contributed by atoms with E-state index in [1.807, 2.05) is 18.2 Å². The second kappa shape index (κ2) is 7.38. The number of fused-ring (bicyclic) bond motifs is 1. The summed E-state index contributed by atoms with van der Waals surface area (Å²) in [6.45, 7) is 0.698. The van der Waals surface area contributed by atoms with Gasteiger partial charge in [0.1, 0.15) is 11.9 Å². The van der Waals surface area contributed by atoms with Crippen LogP contribution in [0.2, 0.25) is 0 Å². The lowest BCUT2D eigenvalue weighted by Crippen LogP contribution is -2.53. The number of benzene rings is 2. The number of carbonyl (C=O) groups excluding carboxylic acids is 1. The molecular weight excluding hydrogens is 347 g/mol. The molecule has 0 spiro atoms. The van der Waals surface area contributed by atoms with Crippen molar-refractivity contribution in [3.8, 4) is 0 Å². The molecule has 2 aromatic rings. The lowest BCUT2D eigenvalue weighted by Gasteiger charge is -2.41. The van der Waals surface area contributed by atoms with Crippen molar-refractivity contribution in [2.24, 2.45) is 5.73 Å². The number of nitrogens with zero attached hydrogens (tertiary/aromatic N) is 1. The Hall–Kier alpha value is -2.28. The van der Waals surface area contributed by atoms with Crippen LogP contribution < -0.4 is 5.73 Å². The zero-order valence-corrected chi connectivity index (χ0v) is 14.9. The third-order valence-corrected chi connectivity index (χ3v) is 5.47. The molecule has 2 aliphatic heterocycles. The van der Waals surface area contributed by atoms with Gasteiger partial charge < -0.3 is 20.5 Å². The predicted octanol–water partition coefficient (Wildman–Crippen LogP) is 1.78. The fourth-order valence-corrected chi connectivity index (χ4v) is 3.97. The van der Waals surface area contributed by atoms with Crippen molar-refractivity contribution >= 4 is 5.91 Å².